The van der Waals surface area contributed by atoms with Crippen molar-refractivity contribution in [3.8, 4) is 0 Å². The maximum absolute atomic E-state index is 6.17. The number of aliphatic imine (C=N–C) groups is 1. The van der Waals surface area contributed by atoms with E-state index in [-0.39, 0.29) is 0 Å². The molecule has 0 amide bonds. The molecule has 2 aliphatic rings. The summed E-state index contributed by atoms with van der Waals surface area (Å²) in [7, 11) is 0. The van der Waals surface area contributed by atoms with E-state index in [4.69, 9.17) is 16.6 Å². The summed E-state index contributed by atoms with van der Waals surface area (Å²) in [5, 5.41) is 5.60. The summed E-state index contributed by atoms with van der Waals surface area (Å²) in [6.45, 7) is 3.03. The number of benzene rings is 1. The van der Waals surface area contributed by atoms with E-state index in [0.29, 0.717) is 12.1 Å². The summed E-state index contributed by atoms with van der Waals surface area (Å²) in [4.78, 5) is 4.71. The maximum atomic E-state index is 6.17. The van der Waals surface area contributed by atoms with E-state index in [0.717, 1.165) is 21.7 Å². The Hall–Kier alpha value is -0.670. The normalized spacial score (nSPS) is 31.7. The lowest BCUT2D eigenvalue weighted by molar-refractivity contribution is 0.242. The van der Waals surface area contributed by atoms with E-state index in [1.807, 2.05) is 36.0 Å². The lowest BCUT2D eigenvalue weighted by Gasteiger charge is -2.36. The molecule has 0 aromatic heterocycles. The first kappa shape index (κ1) is 14.3. The average molecular weight is 309 g/mol. The number of hydrogen-bond donors (Lipinski definition) is 1. The molecule has 4 heteroatoms. The predicted molar refractivity (Wildman–Crippen MR) is 88.5 cm³/mol. The molecule has 1 aromatic rings. The highest BCUT2D eigenvalue weighted by molar-refractivity contribution is 8.14. The fraction of sp³-hybridized carbons (Fsp3) is 0.562. The molecular formula is C16H21ClN2S. The van der Waals surface area contributed by atoms with Crippen LogP contribution < -0.4 is 5.32 Å². The molecule has 1 aliphatic heterocycles. The van der Waals surface area contributed by atoms with Gasteiger partial charge in [0.25, 0.3) is 0 Å². The molecule has 1 spiro atoms. The van der Waals surface area contributed by atoms with Crippen LogP contribution in [0.25, 0.3) is 0 Å². The van der Waals surface area contributed by atoms with Crippen molar-refractivity contribution < 1.29 is 0 Å². The van der Waals surface area contributed by atoms with Crippen molar-refractivity contribution in [2.24, 2.45) is 10.9 Å². The Kier molecular flexibility index (Phi) is 4.27. The Morgan fingerprint density at radius 3 is 3.10 bits per heavy atom. The molecule has 0 radical (unpaired) electrons. The molecule has 2 atom stereocenters. The largest absolute Gasteiger partial charge is 0.359 e. The van der Waals surface area contributed by atoms with Gasteiger partial charge in [-0.3, -0.25) is 4.99 Å². The topological polar surface area (TPSA) is 24.4 Å². The smallest absolute Gasteiger partial charge is 0.157 e. The first-order valence-corrected chi connectivity index (χ1v) is 8.72. The maximum Gasteiger partial charge on any atom is 0.157 e. The monoisotopic (exact) mass is 308 g/mol. The first-order chi connectivity index (χ1) is 9.67. The Bertz CT molecular complexity index is 517. The van der Waals surface area contributed by atoms with Crippen LogP contribution in [0.1, 0.15) is 38.2 Å². The van der Waals surface area contributed by atoms with Crippen molar-refractivity contribution in [2.45, 2.75) is 44.7 Å². The minimum absolute atomic E-state index is 0.307. The van der Waals surface area contributed by atoms with Gasteiger partial charge in [0, 0.05) is 16.3 Å². The van der Waals surface area contributed by atoms with Crippen LogP contribution in [0, 0.1) is 5.92 Å². The van der Waals surface area contributed by atoms with E-state index < -0.39 is 0 Å². The van der Waals surface area contributed by atoms with Crippen molar-refractivity contribution >= 4 is 28.5 Å². The summed E-state index contributed by atoms with van der Waals surface area (Å²) >= 11 is 8.05. The molecule has 2 nitrogen and oxygen atoms in total. The highest BCUT2D eigenvalue weighted by Gasteiger charge is 2.40. The first-order valence-electron chi connectivity index (χ1n) is 7.36. The van der Waals surface area contributed by atoms with Crippen molar-refractivity contribution in [1.29, 1.82) is 0 Å². The molecule has 3 rings (SSSR count). The molecule has 1 N–H and O–H groups in total. The van der Waals surface area contributed by atoms with Gasteiger partial charge in [-0.15, -0.1) is 0 Å². The second-order valence-corrected chi connectivity index (χ2v) is 7.48. The molecule has 1 saturated heterocycles. The van der Waals surface area contributed by atoms with Gasteiger partial charge in [-0.1, -0.05) is 61.3 Å². The third kappa shape index (κ3) is 3.15. The number of nitrogens with one attached hydrogen (secondary N) is 1. The van der Waals surface area contributed by atoms with Crippen molar-refractivity contribution in [1.82, 2.24) is 5.32 Å². The van der Waals surface area contributed by atoms with E-state index >= 15 is 0 Å². The minimum Gasteiger partial charge on any atom is -0.359 e. The van der Waals surface area contributed by atoms with Crippen LogP contribution in [0.3, 0.4) is 0 Å². The van der Waals surface area contributed by atoms with Gasteiger partial charge >= 0.3 is 0 Å². The summed E-state index contributed by atoms with van der Waals surface area (Å²) in [6.07, 6.45) is 5.29. The zero-order valence-corrected chi connectivity index (χ0v) is 13.4. The Balaban J connectivity index is 1.65. The SMILES string of the molecule is CC1CCCC2(CSC(=NCc3ccccc3Cl)N2)C1. The van der Waals surface area contributed by atoms with Crippen LogP contribution in [-0.2, 0) is 6.54 Å². The van der Waals surface area contributed by atoms with E-state index in [1.54, 1.807) is 0 Å². The van der Waals surface area contributed by atoms with Crippen molar-refractivity contribution in [3.63, 3.8) is 0 Å². The third-order valence-corrected chi connectivity index (χ3v) is 5.87. The average Bonchev–Trinajstić information content (AvgIpc) is 2.80. The highest BCUT2D eigenvalue weighted by atomic mass is 35.5. The van der Waals surface area contributed by atoms with Crippen LogP contribution in [0.2, 0.25) is 5.02 Å². The number of hydrogen-bond acceptors (Lipinski definition) is 2. The Labute approximate surface area is 130 Å². The zero-order chi connectivity index (χ0) is 14.0. The molecule has 1 saturated carbocycles. The second-order valence-electron chi connectivity index (χ2n) is 6.11. The van der Waals surface area contributed by atoms with Gasteiger partial charge in [-0.2, -0.15) is 0 Å². The van der Waals surface area contributed by atoms with Gasteiger partial charge in [-0.05, 0) is 30.4 Å². The molecule has 2 fully saturated rings. The van der Waals surface area contributed by atoms with Crippen LogP contribution in [-0.4, -0.2) is 16.5 Å². The quantitative estimate of drug-likeness (QED) is 0.871. The van der Waals surface area contributed by atoms with Crippen LogP contribution in [0.4, 0.5) is 0 Å². The standard InChI is InChI=1S/C16H21ClN2S/c1-12-5-4-8-16(9-12)11-20-15(19-16)18-10-13-6-2-3-7-14(13)17/h2-3,6-7,12H,4-5,8-11H2,1H3,(H,18,19). The lowest BCUT2D eigenvalue weighted by atomic mass is 9.78. The highest BCUT2D eigenvalue weighted by Crippen LogP contribution is 2.38. The van der Waals surface area contributed by atoms with Gasteiger partial charge in [0.05, 0.1) is 6.54 Å². The minimum atomic E-state index is 0.307. The van der Waals surface area contributed by atoms with Gasteiger partial charge in [0.1, 0.15) is 0 Å². The van der Waals surface area contributed by atoms with Crippen molar-refractivity contribution in [2.75, 3.05) is 5.75 Å². The van der Waals surface area contributed by atoms with Crippen molar-refractivity contribution in [3.05, 3.63) is 34.9 Å². The molecule has 0 bridgehead atoms. The molecule has 2 unspecified atom stereocenters. The molecule has 1 aliphatic carbocycles. The lowest BCUT2D eigenvalue weighted by Crippen LogP contribution is -2.47. The van der Waals surface area contributed by atoms with Crippen LogP contribution in [0.5, 0.6) is 0 Å². The summed E-state index contributed by atoms with van der Waals surface area (Å²) in [5.74, 6) is 2.00. The molecule has 1 heterocycles. The van der Waals surface area contributed by atoms with Gasteiger partial charge in [-0.25, -0.2) is 0 Å². The molecule has 1 aromatic carbocycles. The fourth-order valence-electron chi connectivity index (χ4n) is 3.28. The van der Waals surface area contributed by atoms with E-state index in [2.05, 4.69) is 12.2 Å². The number of rotatable bonds is 2. The molecular weight excluding hydrogens is 288 g/mol. The number of nitrogens with zero attached hydrogens (tertiary/aromatic N) is 1. The predicted octanol–water partition coefficient (Wildman–Crippen LogP) is 4.48. The van der Waals surface area contributed by atoms with E-state index in [9.17, 15) is 0 Å². The fourth-order valence-corrected chi connectivity index (χ4v) is 4.67. The summed E-state index contributed by atoms with van der Waals surface area (Å²) in [5.41, 5.74) is 1.41. The third-order valence-electron chi connectivity index (χ3n) is 4.30. The zero-order valence-electron chi connectivity index (χ0n) is 11.9. The van der Waals surface area contributed by atoms with Crippen LogP contribution in [0.15, 0.2) is 29.3 Å². The molecule has 20 heavy (non-hydrogen) atoms. The second kappa shape index (κ2) is 5.98. The number of halogens is 1. The van der Waals surface area contributed by atoms with Crippen LogP contribution >= 0.6 is 23.4 Å². The Morgan fingerprint density at radius 1 is 1.45 bits per heavy atom. The van der Waals surface area contributed by atoms with Gasteiger partial charge in [0.2, 0.25) is 0 Å². The Morgan fingerprint density at radius 2 is 2.30 bits per heavy atom. The van der Waals surface area contributed by atoms with E-state index in [1.165, 1.54) is 31.4 Å². The summed E-state index contributed by atoms with van der Waals surface area (Å²) < 4.78 is 0. The number of amidine groups is 1. The molecule has 108 valence electrons. The number of thioether (sulfide) groups is 1. The van der Waals surface area contributed by atoms with Gasteiger partial charge < -0.3 is 5.32 Å². The summed E-state index contributed by atoms with van der Waals surface area (Å²) in [6, 6.07) is 7.95. The van der Waals surface area contributed by atoms with Gasteiger partial charge in [0.15, 0.2) is 5.17 Å².